The van der Waals surface area contributed by atoms with Crippen molar-refractivity contribution in [1.82, 2.24) is 4.90 Å². The summed E-state index contributed by atoms with van der Waals surface area (Å²) in [6, 6.07) is 0.478. The topological polar surface area (TPSA) is 52.9 Å². The first kappa shape index (κ1) is 15.6. The number of rotatable bonds is 0. The van der Waals surface area contributed by atoms with Crippen molar-refractivity contribution in [1.29, 1.82) is 0 Å². The number of hydrogen-bond acceptors (Lipinski definition) is 4. The fourth-order valence-electron chi connectivity index (χ4n) is 5.57. The smallest absolute Gasteiger partial charge is 0.110 e. The fourth-order valence-corrected chi connectivity index (χ4v) is 5.57. The minimum atomic E-state index is -0.576. The predicted molar refractivity (Wildman–Crippen MR) is 88.9 cm³/mol. The molecule has 4 heteroatoms. The number of hydrogen-bond donors (Lipinski definition) is 2. The average molecular weight is 317 g/mol. The number of piperidine rings is 1. The first-order chi connectivity index (χ1) is 11.1. The quantitative estimate of drug-likeness (QED) is 0.667. The number of nitrogens with zero attached hydrogens (tertiary/aromatic N) is 1. The van der Waals surface area contributed by atoms with E-state index in [1.165, 1.54) is 11.1 Å². The number of allylic oxidation sites excluding steroid dienone is 1. The molecule has 2 heterocycles. The van der Waals surface area contributed by atoms with Crippen LogP contribution in [0.1, 0.15) is 26.7 Å². The summed E-state index contributed by atoms with van der Waals surface area (Å²) in [5.41, 5.74) is 2.53. The van der Waals surface area contributed by atoms with Gasteiger partial charge in [-0.05, 0) is 37.6 Å². The van der Waals surface area contributed by atoms with Crippen molar-refractivity contribution in [2.75, 3.05) is 13.6 Å². The lowest BCUT2D eigenvalue weighted by atomic mass is 9.52. The molecule has 5 rings (SSSR count). The van der Waals surface area contributed by atoms with E-state index < -0.39 is 12.2 Å². The van der Waals surface area contributed by atoms with E-state index in [9.17, 15) is 10.2 Å². The van der Waals surface area contributed by atoms with E-state index in [-0.39, 0.29) is 17.6 Å². The highest BCUT2D eigenvalue weighted by atomic mass is 16.5. The van der Waals surface area contributed by atoms with Gasteiger partial charge in [0.2, 0.25) is 0 Å². The Hall–Kier alpha value is -0.940. The molecule has 23 heavy (non-hydrogen) atoms. The van der Waals surface area contributed by atoms with E-state index in [2.05, 4.69) is 24.1 Å². The molecular formula is C19H27NO3. The van der Waals surface area contributed by atoms with Gasteiger partial charge in [-0.2, -0.15) is 0 Å². The standard InChI is InChI=1S/C17H21NO3.C2H6/c1-18-7-6-17-10-3-5-13(20)16(17)21-15-12(19)4-2-9(14(15)17)8-11(10)18;1-2/h2-5,10-13,15-16,19-20H,6-8H2,1H3;1-2H3/t10?,11?,12-,13-,15?,16?,17-;/m0./s1. The molecule has 0 aromatic heterocycles. The number of likely N-dealkylation sites (tertiary alicyclic amines) is 1. The van der Waals surface area contributed by atoms with Gasteiger partial charge in [0.25, 0.3) is 0 Å². The Balaban J connectivity index is 0.000000652. The van der Waals surface area contributed by atoms with Crippen LogP contribution < -0.4 is 0 Å². The second kappa shape index (κ2) is 5.28. The second-order valence-corrected chi connectivity index (χ2v) is 7.21. The molecular weight excluding hydrogens is 290 g/mol. The van der Waals surface area contributed by atoms with Crippen molar-refractivity contribution in [2.45, 2.75) is 57.1 Å². The van der Waals surface area contributed by atoms with Gasteiger partial charge in [0.1, 0.15) is 12.2 Å². The molecule has 0 amide bonds. The summed E-state index contributed by atoms with van der Waals surface area (Å²) < 4.78 is 6.21. The predicted octanol–water partition coefficient (Wildman–Crippen LogP) is 1.65. The van der Waals surface area contributed by atoms with E-state index in [1.807, 2.05) is 26.0 Å². The zero-order valence-electron chi connectivity index (χ0n) is 14.1. The minimum absolute atomic E-state index is 0.102. The molecule has 2 N–H and O–H groups in total. The van der Waals surface area contributed by atoms with Gasteiger partial charge in [-0.25, -0.2) is 0 Å². The number of aliphatic hydroxyl groups is 2. The zero-order chi connectivity index (χ0) is 16.4. The van der Waals surface area contributed by atoms with Gasteiger partial charge in [-0.15, -0.1) is 0 Å². The van der Waals surface area contributed by atoms with Crippen LogP contribution in [0.15, 0.2) is 35.5 Å². The first-order valence-electron chi connectivity index (χ1n) is 8.95. The molecule has 126 valence electrons. The van der Waals surface area contributed by atoms with E-state index in [0.717, 1.165) is 19.4 Å². The Morgan fingerprint density at radius 1 is 1.17 bits per heavy atom. The molecule has 3 aliphatic carbocycles. The van der Waals surface area contributed by atoms with Gasteiger partial charge in [0.05, 0.1) is 12.2 Å². The molecule has 2 saturated heterocycles. The van der Waals surface area contributed by atoms with Crippen LogP contribution in [0.2, 0.25) is 0 Å². The van der Waals surface area contributed by atoms with E-state index >= 15 is 0 Å². The molecule has 0 saturated carbocycles. The third-order valence-electron chi connectivity index (χ3n) is 6.45. The van der Waals surface area contributed by atoms with Crippen molar-refractivity contribution < 1.29 is 14.9 Å². The van der Waals surface area contributed by atoms with Crippen molar-refractivity contribution in [3.63, 3.8) is 0 Å². The van der Waals surface area contributed by atoms with Crippen LogP contribution in [-0.2, 0) is 4.74 Å². The highest BCUT2D eigenvalue weighted by molar-refractivity contribution is 5.49. The monoisotopic (exact) mass is 317 g/mol. The first-order valence-corrected chi connectivity index (χ1v) is 8.95. The van der Waals surface area contributed by atoms with Crippen LogP contribution in [0.4, 0.5) is 0 Å². The van der Waals surface area contributed by atoms with Gasteiger partial charge in [-0.3, -0.25) is 0 Å². The van der Waals surface area contributed by atoms with E-state index in [0.29, 0.717) is 12.0 Å². The summed E-state index contributed by atoms with van der Waals surface area (Å²) in [6.45, 7) is 5.03. The van der Waals surface area contributed by atoms with Gasteiger partial charge in [0.15, 0.2) is 0 Å². The van der Waals surface area contributed by atoms with Crippen LogP contribution >= 0.6 is 0 Å². The normalized spacial score (nSPS) is 49.6. The Labute approximate surface area is 138 Å². The van der Waals surface area contributed by atoms with E-state index in [4.69, 9.17) is 4.74 Å². The van der Waals surface area contributed by atoms with Gasteiger partial charge >= 0.3 is 0 Å². The maximum atomic E-state index is 10.5. The average Bonchev–Trinajstić information content (AvgIpc) is 2.92. The second-order valence-electron chi connectivity index (χ2n) is 7.21. The van der Waals surface area contributed by atoms with Crippen molar-refractivity contribution >= 4 is 0 Å². The van der Waals surface area contributed by atoms with Crippen LogP contribution in [0.5, 0.6) is 0 Å². The molecule has 5 aliphatic rings. The molecule has 2 aliphatic heterocycles. The molecule has 1 spiro atoms. The Morgan fingerprint density at radius 3 is 2.74 bits per heavy atom. The highest BCUT2D eigenvalue weighted by Crippen LogP contribution is 2.63. The lowest BCUT2D eigenvalue weighted by Crippen LogP contribution is -2.61. The van der Waals surface area contributed by atoms with Crippen molar-refractivity contribution in [3.05, 3.63) is 35.5 Å². The van der Waals surface area contributed by atoms with Crippen LogP contribution in [-0.4, -0.2) is 59.2 Å². The summed E-state index contributed by atoms with van der Waals surface area (Å²) in [5.74, 6) is 0.395. The molecule has 2 bridgehead atoms. The minimum Gasteiger partial charge on any atom is -0.386 e. The molecule has 0 aromatic carbocycles. The Kier molecular flexibility index (Phi) is 3.58. The van der Waals surface area contributed by atoms with E-state index in [1.54, 1.807) is 0 Å². The van der Waals surface area contributed by atoms with Gasteiger partial charge < -0.3 is 19.8 Å². The lowest BCUT2D eigenvalue weighted by molar-refractivity contribution is -0.107. The highest BCUT2D eigenvalue weighted by Gasteiger charge is 2.66. The summed E-state index contributed by atoms with van der Waals surface area (Å²) in [7, 11) is 2.20. The molecule has 4 nitrogen and oxygen atoms in total. The third-order valence-corrected chi connectivity index (χ3v) is 6.45. The molecule has 0 aromatic rings. The van der Waals surface area contributed by atoms with Crippen LogP contribution in [0.25, 0.3) is 0 Å². The molecule has 0 radical (unpaired) electrons. The summed E-state index contributed by atoms with van der Waals surface area (Å²) >= 11 is 0. The summed E-state index contributed by atoms with van der Waals surface area (Å²) in [6.07, 6.45) is 8.50. The molecule has 7 atom stereocenters. The van der Waals surface area contributed by atoms with Crippen LogP contribution in [0.3, 0.4) is 0 Å². The fraction of sp³-hybridized carbons (Fsp3) is 0.684. The lowest BCUT2D eigenvalue weighted by Gasteiger charge is -2.57. The SMILES string of the molecule is CC.CN1CC[C@]23C4=C5C=C[C@H](O)C4OC2[C@@H](O)C=CC3C1C5. The molecule has 2 fully saturated rings. The largest absolute Gasteiger partial charge is 0.386 e. The van der Waals surface area contributed by atoms with Crippen molar-refractivity contribution in [3.8, 4) is 0 Å². The summed E-state index contributed by atoms with van der Waals surface area (Å²) in [4.78, 5) is 2.45. The third kappa shape index (κ3) is 1.81. The maximum absolute atomic E-state index is 10.5. The Morgan fingerprint density at radius 2 is 1.96 bits per heavy atom. The maximum Gasteiger partial charge on any atom is 0.110 e. The number of ether oxygens (including phenoxy) is 1. The molecule has 4 unspecified atom stereocenters. The zero-order valence-corrected chi connectivity index (χ0v) is 14.1. The van der Waals surface area contributed by atoms with Gasteiger partial charge in [-0.1, -0.05) is 38.2 Å². The number of aliphatic hydroxyl groups excluding tert-OH is 2. The van der Waals surface area contributed by atoms with Crippen LogP contribution in [0, 0.1) is 11.3 Å². The van der Waals surface area contributed by atoms with Gasteiger partial charge in [0, 0.05) is 17.4 Å². The van der Waals surface area contributed by atoms with Crippen molar-refractivity contribution in [2.24, 2.45) is 11.3 Å². The Bertz CT molecular complexity index is 595. The summed E-state index contributed by atoms with van der Waals surface area (Å²) in [5, 5.41) is 20.8.